The van der Waals surface area contributed by atoms with E-state index >= 15 is 0 Å². The normalized spacial score (nSPS) is 23.5. The van der Waals surface area contributed by atoms with Gasteiger partial charge in [0.05, 0.1) is 17.7 Å². The third-order valence-corrected chi connectivity index (χ3v) is 8.27. The molecule has 0 saturated carbocycles. The Hall–Kier alpha value is -2.50. The molecule has 0 bridgehead atoms. The van der Waals surface area contributed by atoms with Crippen molar-refractivity contribution in [3.05, 3.63) is 29.8 Å². The number of benzene rings is 1. The Kier molecular flexibility index (Phi) is 6.77. The van der Waals surface area contributed by atoms with Crippen LogP contribution in [0.4, 0.5) is 5.69 Å². The van der Waals surface area contributed by atoms with E-state index in [4.69, 9.17) is 0 Å². The highest BCUT2D eigenvalue weighted by molar-refractivity contribution is 7.86. The summed E-state index contributed by atoms with van der Waals surface area (Å²) in [6, 6.07) is 5.69. The first-order valence-electron chi connectivity index (χ1n) is 11.1. The Morgan fingerprint density at radius 3 is 2.22 bits per heavy atom. The van der Waals surface area contributed by atoms with Crippen molar-refractivity contribution in [2.24, 2.45) is 0 Å². The number of piperazine rings is 1. The van der Waals surface area contributed by atoms with E-state index in [1.807, 2.05) is 0 Å². The fourth-order valence-corrected chi connectivity index (χ4v) is 6.03. The minimum atomic E-state index is -3.53. The highest BCUT2D eigenvalue weighted by Crippen LogP contribution is 2.21. The summed E-state index contributed by atoms with van der Waals surface area (Å²) in [4.78, 5) is 39.4. The Bertz CT molecular complexity index is 982. The van der Waals surface area contributed by atoms with E-state index in [-0.39, 0.29) is 38.5 Å². The molecule has 0 aliphatic carbocycles. The predicted octanol–water partition coefficient (Wildman–Crippen LogP) is 0.392. The van der Waals surface area contributed by atoms with Crippen LogP contribution in [-0.4, -0.2) is 85.0 Å². The molecule has 3 heterocycles. The van der Waals surface area contributed by atoms with Gasteiger partial charge in [-0.3, -0.25) is 14.4 Å². The fourth-order valence-electron chi connectivity index (χ4n) is 4.36. The predicted molar refractivity (Wildman–Crippen MR) is 118 cm³/mol. The van der Waals surface area contributed by atoms with Crippen LogP contribution in [0.3, 0.4) is 0 Å². The maximum atomic E-state index is 13.0. The summed E-state index contributed by atoms with van der Waals surface area (Å²) < 4.78 is 28.9. The van der Waals surface area contributed by atoms with Crippen molar-refractivity contribution in [2.75, 3.05) is 44.6 Å². The SMILES string of the molecule is O=C1N[C@@H](CC(=O)N2CCN(S(=O)(=O)N3CCCCCC3)CC2)C(=O)Nc2ccccc21. The summed E-state index contributed by atoms with van der Waals surface area (Å²) in [5, 5.41) is 5.32. The number of carbonyl (C=O) groups excluding carboxylic acids is 3. The number of nitrogens with one attached hydrogen (secondary N) is 2. The maximum Gasteiger partial charge on any atom is 0.282 e. The van der Waals surface area contributed by atoms with Gasteiger partial charge in [-0.05, 0) is 25.0 Å². The van der Waals surface area contributed by atoms with Crippen LogP contribution in [0.2, 0.25) is 0 Å². The molecule has 0 radical (unpaired) electrons. The Balaban J connectivity index is 1.34. The monoisotopic (exact) mass is 463 g/mol. The van der Waals surface area contributed by atoms with Crippen LogP contribution in [0, 0.1) is 0 Å². The number of nitrogens with zero attached hydrogens (tertiary/aromatic N) is 3. The zero-order valence-corrected chi connectivity index (χ0v) is 18.8. The lowest BCUT2D eigenvalue weighted by molar-refractivity contribution is -0.134. The van der Waals surface area contributed by atoms with Crippen molar-refractivity contribution in [3.63, 3.8) is 0 Å². The van der Waals surface area contributed by atoms with Gasteiger partial charge in [-0.2, -0.15) is 17.0 Å². The van der Waals surface area contributed by atoms with Gasteiger partial charge in [0.1, 0.15) is 6.04 Å². The van der Waals surface area contributed by atoms with Crippen molar-refractivity contribution < 1.29 is 22.8 Å². The molecule has 174 valence electrons. The zero-order chi connectivity index (χ0) is 22.7. The van der Waals surface area contributed by atoms with E-state index in [9.17, 15) is 22.8 Å². The third kappa shape index (κ3) is 4.79. The molecule has 32 heavy (non-hydrogen) atoms. The molecule has 1 aromatic rings. The Morgan fingerprint density at radius 1 is 0.906 bits per heavy atom. The second-order valence-electron chi connectivity index (χ2n) is 8.37. The maximum absolute atomic E-state index is 13.0. The van der Waals surface area contributed by atoms with Gasteiger partial charge in [-0.1, -0.05) is 25.0 Å². The number of rotatable bonds is 4. The minimum Gasteiger partial charge on any atom is -0.340 e. The second kappa shape index (κ2) is 9.55. The molecule has 1 atom stereocenters. The molecular formula is C21H29N5O5S. The summed E-state index contributed by atoms with van der Waals surface area (Å²) in [7, 11) is -3.53. The van der Waals surface area contributed by atoms with Gasteiger partial charge in [-0.15, -0.1) is 0 Å². The number of amides is 3. The van der Waals surface area contributed by atoms with E-state index in [0.29, 0.717) is 24.3 Å². The third-order valence-electron chi connectivity index (χ3n) is 6.24. The summed E-state index contributed by atoms with van der Waals surface area (Å²) in [6.45, 7) is 2.04. The number of fused-ring (bicyclic) bond motifs is 1. The van der Waals surface area contributed by atoms with E-state index in [0.717, 1.165) is 25.7 Å². The molecule has 4 rings (SSSR count). The molecule has 0 spiro atoms. The van der Waals surface area contributed by atoms with E-state index in [2.05, 4.69) is 10.6 Å². The number of hydrogen-bond donors (Lipinski definition) is 2. The van der Waals surface area contributed by atoms with Crippen molar-refractivity contribution in [3.8, 4) is 0 Å². The molecule has 2 fully saturated rings. The summed E-state index contributed by atoms with van der Waals surface area (Å²) in [6.07, 6.45) is 3.66. The first kappa shape index (κ1) is 22.7. The van der Waals surface area contributed by atoms with Crippen LogP contribution in [0.15, 0.2) is 24.3 Å². The van der Waals surface area contributed by atoms with Crippen LogP contribution in [-0.2, 0) is 19.8 Å². The van der Waals surface area contributed by atoms with Crippen LogP contribution in [0.25, 0.3) is 0 Å². The smallest absolute Gasteiger partial charge is 0.282 e. The average Bonchev–Trinajstić information content (AvgIpc) is 3.14. The molecule has 2 saturated heterocycles. The van der Waals surface area contributed by atoms with Crippen molar-refractivity contribution >= 4 is 33.6 Å². The highest BCUT2D eigenvalue weighted by Gasteiger charge is 2.35. The molecule has 2 N–H and O–H groups in total. The molecular weight excluding hydrogens is 434 g/mol. The van der Waals surface area contributed by atoms with Crippen LogP contribution in [0.1, 0.15) is 42.5 Å². The zero-order valence-electron chi connectivity index (χ0n) is 18.0. The standard InChI is InChI=1S/C21H29N5O5S/c27-19(15-18-21(29)22-17-8-4-3-7-16(17)20(28)23-18)24-11-13-26(14-12-24)32(30,31)25-9-5-1-2-6-10-25/h3-4,7-8,18H,1-2,5-6,9-15H2,(H,22,29)(H,23,28)/t18-/m0/s1. The molecule has 3 aliphatic heterocycles. The van der Waals surface area contributed by atoms with Crippen LogP contribution in [0.5, 0.6) is 0 Å². The molecule has 3 amide bonds. The largest absolute Gasteiger partial charge is 0.340 e. The van der Waals surface area contributed by atoms with Crippen LogP contribution >= 0.6 is 0 Å². The van der Waals surface area contributed by atoms with Gasteiger partial charge in [0.25, 0.3) is 16.1 Å². The van der Waals surface area contributed by atoms with Crippen molar-refractivity contribution in [2.45, 2.75) is 38.1 Å². The molecule has 0 aromatic heterocycles. The van der Waals surface area contributed by atoms with Crippen molar-refractivity contribution in [1.82, 2.24) is 18.8 Å². The van der Waals surface area contributed by atoms with Gasteiger partial charge in [0.15, 0.2) is 0 Å². The lowest BCUT2D eigenvalue weighted by atomic mass is 10.1. The van der Waals surface area contributed by atoms with E-state index in [1.165, 1.54) is 4.31 Å². The lowest BCUT2D eigenvalue weighted by Crippen LogP contribution is -2.55. The van der Waals surface area contributed by atoms with Gasteiger partial charge in [0.2, 0.25) is 11.8 Å². The highest BCUT2D eigenvalue weighted by atomic mass is 32.2. The second-order valence-corrected chi connectivity index (χ2v) is 10.3. The number of carbonyl (C=O) groups is 3. The van der Waals surface area contributed by atoms with Gasteiger partial charge >= 0.3 is 0 Å². The van der Waals surface area contributed by atoms with Gasteiger partial charge < -0.3 is 15.5 Å². The molecule has 11 heteroatoms. The average molecular weight is 464 g/mol. The van der Waals surface area contributed by atoms with Gasteiger partial charge in [-0.25, -0.2) is 0 Å². The summed E-state index contributed by atoms with van der Waals surface area (Å²) >= 11 is 0. The summed E-state index contributed by atoms with van der Waals surface area (Å²) in [5.74, 6) is -1.15. The number of anilines is 1. The molecule has 3 aliphatic rings. The first-order valence-corrected chi connectivity index (χ1v) is 12.5. The minimum absolute atomic E-state index is 0.176. The fraction of sp³-hybridized carbons (Fsp3) is 0.571. The quantitative estimate of drug-likeness (QED) is 0.670. The topological polar surface area (TPSA) is 119 Å². The molecule has 10 nitrogen and oxygen atoms in total. The Labute approximate surface area is 188 Å². The lowest BCUT2D eigenvalue weighted by Gasteiger charge is -2.36. The van der Waals surface area contributed by atoms with E-state index in [1.54, 1.807) is 33.5 Å². The summed E-state index contributed by atoms with van der Waals surface area (Å²) in [5.41, 5.74) is 0.764. The van der Waals surface area contributed by atoms with E-state index < -0.39 is 28.1 Å². The van der Waals surface area contributed by atoms with Gasteiger partial charge in [0, 0.05) is 39.3 Å². The van der Waals surface area contributed by atoms with Crippen molar-refractivity contribution in [1.29, 1.82) is 0 Å². The molecule has 0 unspecified atom stereocenters. The van der Waals surface area contributed by atoms with Crippen LogP contribution < -0.4 is 10.6 Å². The molecule has 1 aromatic carbocycles. The number of hydrogen-bond acceptors (Lipinski definition) is 5. The first-order chi connectivity index (χ1) is 15.4. The number of para-hydroxylation sites is 1. The Morgan fingerprint density at radius 2 is 1.53 bits per heavy atom.